The van der Waals surface area contributed by atoms with Crippen molar-refractivity contribution in [1.82, 2.24) is 5.32 Å². The summed E-state index contributed by atoms with van der Waals surface area (Å²) < 4.78 is 26.3. The van der Waals surface area contributed by atoms with Gasteiger partial charge >= 0.3 is 0 Å². The van der Waals surface area contributed by atoms with Crippen LogP contribution in [-0.4, -0.2) is 6.54 Å². The Morgan fingerprint density at radius 3 is 2.79 bits per heavy atom. The van der Waals surface area contributed by atoms with Gasteiger partial charge in [0.05, 0.1) is 6.04 Å². The van der Waals surface area contributed by atoms with Gasteiger partial charge in [0.15, 0.2) is 11.6 Å². The quantitative estimate of drug-likeness (QED) is 0.561. The summed E-state index contributed by atoms with van der Waals surface area (Å²) >= 11 is 5.80. The Balaban J connectivity index is 2.50. The topological polar surface area (TPSA) is 12.0 Å². The Kier molecular flexibility index (Phi) is 2.52. The van der Waals surface area contributed by atoms with Gasteiger partial charge in [-0.2, -0.15) is 0 Å². The highest BCUT2D eigenvalue weighted by Crippen LogP contribution is 2.29. The van der Waals surface area contributed by atoms with Gasteiger partial charge in [0.1, 0.15) is 0 Å². The molecule has 1 N–H and O–H groups in total. The molecule has 74 valence electrons. The number of hydrogen-bond acceptors (Lipinski definition) is 1. The lowest BCUT2D eigenvalue weighted by molar-refractivity contribution is 0.490. The van der Waals surface area contributed by atoms with Crippen molar-refractivity contribution in [2.24, 2.45) is 0 Å². The van der Waals surface area contributed by atoms with Crippen LogP contribution in [0.2, 0.25) is 5.02 Å². The second-order valence-electron chi connectivity index (χ2n) is 3.07. The average Bonchev–Trinajstić information content (AvgIpc) is 2.65. The van der Waals surface area contributed by atoms with E-state index in [1.807, 2.05) is 6.08 Å². The van der Waals surface area contributed by atoms with Gasteiger partial charge in [0.25, 0.3) is 0 Å². The minimum Gasteiger partial charge on any atom is -0.303 e. The van der Waals surface area contributed by atoms with Crippen molar-refractivity contribution < 1.29 is 8.78 Å². The normalized spacial score (nSPS) is 20.4. The third-order valence-electron chi connectivity index (χ3n) is 2.17. The number of benzene rings is 1. The van der Waals surface area contributed by atoms with Crippen molar-refractivity contribution in [3.8, 4) is 0 Å². The van der Waals surface area contributed by atoms with E-state index in [0.717, 1.165) is 6.07 Å². The van der Waals surface area contributed by atoms with Gasteiger partial charge in [-0.1, -0.05) is 23.8 Å². The van der Waals surface area contributed by atoms with Crippen LogP contribution in [0.4, 0.5) is 8.78 Å². The monoisotopic (exact) mass is 215 g/mol. The molecule has 1 heterocycles. The molecule has 1 unspecified atom stereocenters. The Morgan fingerprint density at radius 1 is 1.36 bits per heavy atom. The fraction of sp³-hybridized carbons (Fsp3) is 0.200. The van der Waals surface area contributed by atoms with Crippen molar-refractivity contribution in [1.29, 1.82) is 0 Å². The molecule has 0 radical (unpaired) electrons. The van der Waals surface area contributed by atoms with Crippen molar-refractivity contribution >= 4 is 11.6 Å². The molecule has 1 atom stereocenters. The molecule has 0 saturated heterocycles. The maximum Gasteiger partial charge on any atom is 0.165 e. The first-order valence-corrected chi connectivity index (χ1v) is 4.61. The maximum absolute atomic E-state index is 13.4. The molecule has 0 aliphatic carbocycles. The van der Waals surface area contributed by atoms with Crippen LogP contribution >= 0.6 is 11.6 Å². The van der Waals surface area contributed by atoms with E-state index >= 15 is 0 Å². The van der Waals surface area contributed by atoms with Crippen LogP contribution in [0.1, 0.15) is 11.6 Å². The first kappa shape index (κ1) is 9.62. The largest absolute Gasteiger partial charge is 0.303 e. The van der Waals surface area contributed by atoms with Crippen molar-refractivity contribution in [3.63, 3.8) is 0 Å². The van der Waals surface area contributed by atoms with E-state index in [2.05, 4.69) is 5.32 Å². The van der Waals surface area contributed by atoms with E-state index in [-0.39, 0.29) is 16.6 Å². The summed E-state index contributed by atoms with van der Waals surface area (Å²) in [6.07, 6.45) is 3.62. The van der Waals surface area contributed by atoms with Crippen molar-refractivity contribution in [2.75, 3.05) is 6.54 Å². The highest BCUT2D eigenvalue weighted by molar-refractivity contribution is 6.31. The molecule has 0 fully saturated rings. The molecule has 1 aliphatic heterocycles. The third-order valence-corrected chi connectivity index (χ3v) is 2.50. The highest BCUT2D eigenvalue weighted by atomic mass is 35.5. The Morgan fingerprint density at radius 2 is 2.14 bits per heavy atom. The molecule has 0 saturated carbocycles. The first-order valence-electron chi connectivity index (χ1n) is 4.23. The number of halogens is 3. The van der Waals surface area contributed by atoms with Crippen LogP contribution in [0.3, 0.4) is 0 Å². The predicted molar refractivity (Wildman–Crippen MR) is 51.3 cm³/mol. The van der Waals surface area contributed by atoms with Crippen LogP contribution in [0.5, 0.6) is 0 Å². The van der Waals surface area contributed by atoms with E-state index in [0.29, 0.717) is 6.54 Å². The molecule has 0 bridgehead atoms. The van der Waals surface area contributed by atoms with Gasteiger partial charge in [-0.15, -0.1) is 0 Å². The fourth-order valence-corrected chi connectivity index (χ4v) is 1.76. The smallest absolute Gasteiger partial charge is 0.165 e. The van der Waals surface area contributed by atoms with E-state index < -0.39 is 11.6 Å². The molecule has 1 aliphatic rings. The second-order valence-corrected chi connectivity index (χ2v) is 3.48. The molecular formula is C10H8ClF2N. The van der Waals surface area contributed by atoms with E-state index in [4.69, 9.17) is 11.6 Å². The van der Waals surface area contributed by atoms with Crippen LogP contribution in [-0.2, 0) is 0 Å². The number of rotatable bonds is 1. The standard InChI is InChI=1S/C10H8ClF2N/c11-6-3-4-7(12)10(13)9(6)8-2-1-5-14-8/h1-4,8,14H,5H2. The second kappa shape index (κ2) is 3.67. The molecule has 0 spiro atoms. The zero-order valence-corrected chi connectivity index (χ0v) is 7.98. The zero-order valence-electron chi connectivity index (χ0n) is 7.23. The van der Waals surface area contributed by atoms with Gasteiger partial charge < -0.3 is 5.32 Å². The fourth-order valence-electron chi connectivity index (χ4n) is 1.49. The van der Waals surface area contributed by atoms with Crippen LogP contribution in [0.25, 0.3) is 0 Å². The van der Waals surface area contributed by atoms with Crippen molar-refractivity contribution in [3.05, 3.63) is 46.5 Å². The van der Waals surface area contributed by atoms with E-state index in [1.165, 1.54) is 6.07 Å². The molecule has 4 heteroatoms. The summed E-state index contributed by atoms with van der Waals surface area (Å²) in [5.74, 6) is -1.74. The minimum absolute atomic E-state index is 0.181. The van der Waals surface area contributed by atoms with Crippen LogP contribution in [0.15, 0.2) is 24.3 Å². The molecular weight excluding hydrogens is 208 g/mol. The van der Waals surface area contributed by atoms with E-state index in [9.17, 15) is 8.78 Å². The molecule has 0 amide bonds. The lowest BCUT2D eigenvalue weighted by Gasteiger charge is -2.12. The summed E-state index contributed by atoms with van der Waals surface area (Å²) in [7, 11) is 0. The van der Waals surface area contributed by atoms with Gasteiger partial charge in [-0.3, -0.25) is 0 Å². The van der Waals surface area contributed by atoms with E-state index in [1.54, 1.807) is 6.08 Å². The lowest BCUT2D eigenvalue weighted by atomic mass is 10.1. The van der Waals surface area contributed by atoms with Gasteiger partial charge in [-0.05, 0) is 12.1 Å². The van der Waals surface area contributed by atoms with Crippen LogP contribution < -0.4 is 5.32 Å². The van der Waals surface area contributed by atoms with Gasteiger partial charge in [0.2, 0.25) is 0 Å². The molecule has 2 rings (SSSR count). The number of hydrogen-bond donors (Lipinski definition) is 1. The minimum atomic E-state index is -0.874. The molecule has 1 aromatic rings. The average molecular weight is 216 g/mol. The summed E-state index contributed by atoms with van der Waals surface area (Å²) in [4.78, 5) is 0. The summed E-state index contributed by atoms with van der Waals surface area (Å²) in [6.45, 7) is 0.650. The summed E-state index contributed by atoms with van der Waals surface area (Å²) in [5.41, 5.74) is 0.181. The predicted octanol–water partition coefficient (Wildman–Crippen LogP) is 2.82. The zero-order chi connectivity index (χ0) is 10.1. The molecule has 0 aromatic heterocycles. The summed E-state index contributed by atoms with van der Waals surface area (Å²) in [5, 5.41) is 3.22. The Bertz CT molecular complexity index is 390. The van der Waals surface area contributed by atoms with Crippen molar-refractivity contribution in [2.45, 2.75) is 6.04 Å². The van der Waals surface area contributed by atoms with Gasteiger partial charge in [0, 0.05) is 17.1 Å². The number of nitrogens with one attached hydrogen (secondary N) is 1. The SMILES string of the molecule is Fc1ccc(Cl)c(C2C=CCN2)c1F. The van der Waals surface area contributed by atoms with Gasteiger partial charge in [-0.25, -0.2) is 8.78 Å². The maximum atomic E-state index is 13.4. The third kappa shape index (κ3) is 1.53. The first-order chi connectivity index (χ1) is 6.70. The molecule has 14 heavy (non-hydrogen) atoms. The summed E-state index contributed by atoms with van der Waals surface area (Å²) in [6, 6.07) is 2.07. The van der Waals surface area contributed by atoms with Crippen LogP contribution in [0, 0.1) is 11.6 Å². The molecule has 1 nitrogen and oxygen atoms in total. The Labute approximate surface area is 85.4 Å². The lowest BCUT2D eigenvalue weighted by Crippen LogP contribution is -2.16. The Hall–Kier alpha value is -0.930. The highest BCUT2D eigenvalue weighted by Gasteiger charge is 2.21. The molecule has 1 aromatic carbocycles.